The maximum atomic E-state index is 13.2. The lowest BCUT2D eigenvalue weighted by Crippen LogP contribution is -2.42. The number of anilines is 1. The molecule has 1 aromatic heterocycles. The van der Waals surface area contributed by atoms with E-state index in [4.69, 9.17) is 15.3 Å². The molecule has 0 saturated carbocycles. The number of benzene rings is 2. The van der Waals surface area contributed by atoms with Crippen molar-refractivity contribution in [3.05, 3.63) is 82.9 Å². The van der Waals surface area contributed by atoms with Gasteiger partial charge in [0.25, 0.3) is 0 Å². The normalized spacial score (nSPS) is 12.3. The van der Waals surface area contributed by atoms with E-state index in [2.05, 4.69) is 10.1 Å². The number of nitrogens with zero attached hydrogens (tertiary/aromatic N) is 2. The number of carboxylic acid groups (broad SMARTS) is 1. The standard InChI is InChI=1S/C23H23N3O5S/c1-22(2,31-26-18(19(27)28)17-14-32-21(24)25-17)20(29)30-23(3,15-10-6-4-7-11-15)16-12-8-5-9-13-16/h4-14H,1-3H3,(H2,24,25)(H,27,28). The Kier molecular flexibility index (Phi) is 6.59. The number of hydrogen-bond donors (Lipinski definition) is 2. The maximum absolute atomic E-state index is 13.2. The van der Waals surface area contributed by atoms with Crippen molar-refractivity contribution in [2.75, 3.05) is 5.73 Å². The maximum Gasteiger partial charge on any atom is 0.360 e. The van der Waals surface area contributed by atoms with E-state index in [9.17, 15) is 14.7 Å². The Balaban J connectivity index is 1.89. The van der Waals surface area contributed by atoms with E-state index in [0.717, 1.165) is 22.5 Å². The molecule has 3 rings (SSSR count). The minimum absolute atomic E-state index is 0.0441. The molecule has 0 atom stereocenters. The summed E-state index contributed by atoms with van der Waals surface area (Å²) in [5.74, 6) is -2.09. The van der Waals surface area contributed by atoms with Crippen LogP contribution in [0.15, 0.2) is 71.2 Å². The van der Waals surface area contributed by atoms with Gasteiger partial charge in [0.2, 0.25) is 11.3 Å². The van der Waals surface area contributed by atoms with Gasteiger partial charge in [0.05, 0.1) is 0 Å². The van der Waals surface area contributed by atoms with Crippen molar-refractivity contribution >= 4 is 34.1 Å². The summed E-state index contributed by atoms with van der Waals surface area (Å²) in [6.45, 7) is 4.68. The minimum atomic E-state index is -1.59. The van der Waals surface area contributed by atoms with E-state index in [1.807, 2.05) is 60.7 Å². The third-order valence-electron chi connectivity index (χ3n) is 4.77. The van der Waals surface area contributed by atoms with Crippen LogP contribution >= 0.6 is 11.3 Å². The number of rotatable bonds is 8. The Bertz CT molecular complexity index is 1090. The van der Waals surface area contributed by atoms with Crippen molar-refractivity contribution in [3.8, 4) is 0 Å². The predicted molar refractivity (Wildman–Crippen MR) is 121 cm³/mol. The molecule has 8 nitrogen and oxygen atoms in total. The highest BCUT2D eigenvalue weighted by atomic mass is 32.1. The van der Waals surface area contributed by atoms with Crippen LogP contribution in [0.25, 0.3) is 0 Å². The smallest absolute Gasteiger partial charge is 0.360 e. The van der Waals surface area contributed by atoms with E-state index in [-0.39, 0.29) is 10.8 Å². The Morgan fingerprint density at radius 2 is 1.53 bits per heavy atom. The molecule has 9 heteroatoms. The van der Waals surface area contributed by atoms with Crippen LogP contribution in [0.5, 0.6) is 0 Å². The van der Waals surface area contributed by atoms with Crippen LogP contribution in [0.4, 0.5) is 5.13 Å². The van der Waals surface area contributed by atoms with Crippen LogP contribution in [0.2, 0.25) is 0 Å². The summed E-state index contributed by atoms with van der Waals surface area (Å²) in [6, 6.07) is 18.6. The molecule has 0 spiro atoms. The molecule has 0 fully saturated rings. The summed E-state index contributed by atoms with van der Waals surface area (Å²) in [4.78, 5) is 34.0. The number of aliphatic carboxylic acids is 1. The highest BCUT2D eigenvalue weighted by Crippen LogP contribution is 2.35. The molecule has 32 heavy (non-hydrogen) atoms. The summed E-state index contributed by atoms with van der Waals surface area (Å²) in [5, 5.41) is 14.8. The van der Waals surface area contributed by atoms with Gasteiger partial charge in [-0.1, -0.05) is 65.8 Å². The van der Waals surface area contributed by atoms with Crippen LogP contribution in [0.3, 0.4) is 0 Å². The number of nitrogen functional groups attached to an aromatic ring is 1. The van der Waals surface area contributed by atoms with Gasteiger partial charge in [0, 0.05) is 5.38 Å². The lowest BCUT2D eigenvalue weighted by molar-refractivity contribution is -0.180. The molecule has 0 unspecified atom stereocenters. The van der Waals surface area contributed by atoms with E-state index in [0.29, 0.717) is 0 Å². The second-order valence-electron chi connectivity index (χ2n) is 7.57. The molecule has 0 radical (unpaired) electrons. The van der Waals surface area contributed by atoms with Gasteiger partial charge in [-0.05, 0) is 31.9 Å². The third kappa shape index (κ3) is 4.94. The Hall–Kier alpha value is -3.72. The van der Waals surface area contributed by atoms with Gasteiger partial charge in [-0.15, -0.1) is 11.3 Å². The fourth-order valence-corrected chi connectivity index (χ4v) is 3.44. The Morgan fingerprint density at radius 3 is 1.97 bits per heavy atom. The summed E-state index contributed by atoms with van der Waals surface area (Å²) in [6.07, 6.45) is 0. The first kappa shape index (κ1) is 23.0. The average Bonchev–Trinajstić information content (AvgIpc) is 3.20. The van der Waals surface area contributed by atoms with Crippen LogP contribution in [0.1, 0.15) is 37.6 Å². The van der Waals surface area contributed by atoms with Crippen LogP contribution in [-0.2, 0) is 24.8 Å². The van der Waals surface area contributed by atoms with Crippen molar-refractivity contribution in [2.45, 2.75) is 32.0 Å². The van der Waals surface area contributed by atoms with Crippen molar-refractivity contribution in [2.24, 2.45) is 5.16 Å². The molecule has 0 aliphatic carbocycles. The number of ether oxygens (including phenoxy) is 1. The van der Waals surface area contributed by atoms with Gasteiger partial charge in [-0.3, -0.25) is 0 Å². The molecule has 0 aliphatic heterocycles. The highest BCUT2D eigenvalue weighted by molar-refractivity contribution is 7.13. The molecule has 1 heterocycles. The zero-order valence-corrected chi connectivity index (χ0v) is 18.6. The Morgan fingerprint density at radius 1 is 1.00 bits per heavy atom. The molecule has 3 N–H and O–H groups in total. The summed E-state index contributed by atoms with van der Waals surface area (Å²) >= 11 is 1.07. The SMILES string of the molecule is CC(C)(ON=C(C(=O)O)c1csc(N)n1)C(=O)OC(C)(c1ccccc1)c1ccccc1. The van der Waals surface area contributed by atoms with Gasteiger partial charge >= 0.3 is 11.9 Å². The third-order valence-corrected chi connectivity index (χ3v) is 5.44. The van der Waals surface area contributed by atoms with Gasteiger partial charge in [-0.25, -0.2) is 14.6 Å². The monoisotopic (exact) mass is 453 g/mol. The first-order chi connectivity index (χ1) is 15.1. The second-order valence-corrected chi connectivity index (χ2v) is 8.46. The van der Waals surface area contributed by atoms with Gasteiger partial charge in [0.1, 0.15) is 5.69 Å². The first-order valence-corrected chi connectivity index (χ1v) is 10.6. The summed E-state index contributed by atoms with van der Waals surface area (Å²) in [5.41, 5.74) is 3.99. The zero-order chi connectivity index (χ0) is 23.4. The second kappa shape index (κ2) is 9.19. The van der Waals surface area contributed by atoms with Crippen molar-refractivity contribution < 1.29 is 24.3 Å². The molecule has 0 aliphatic rings. The Labute approximate surface area is 189 Å². The van der Waals surface area contributed by atoms with Crippen LogP contribution in [-0.4, -0.2) is 33.3 Å². The number of carbonyl (C=O) groups excluding carboxylic acids is 1. The molecular weight excluding hydrogens is 430 g/mol. The quantitative estimate of drug-likeness (QED) is 0.302. The fraction of sp³-hybridized carbons (Fsp3) is 0.217. The number of carbonyl (C=O) groups is 2. The van der Waals surface area contributed by atoms with Crippen LogP contribution < -0.4 is 5.73 Å². The number of oxime groups is 1. The number of esters is 1. The summed E-state index contributed by atoms with van der Waals surface area (Å²) < 4.78 is 5.96. The minimum Gasteiger partial charge on any atom is -0.476 e. The first-order valence-electron chi connectivity index (χ1n) is 9.69. The molecule has 3 aromatic rings. The van der Waals surface area contributed by atoms with Crippen molar-refractivity contribution in [1.29, 1.82) is 0 Å². The molecule has 166 valence electrons. The fourth-order valence-electron chi connectivity index (χ4n) is 2.89. The van der Waals surface area contributed by atoms with Crippen LogP contribution in [0, 0.1) is 0 Å². The lowest BCUT2D eigenvalue weighted by Gasteiger charge is -2.33. The molecule has 0 bridgehead atoms. The molecule has 2 aromatic carbocycles. The number of carboxylic acids is 1. The van der Waals surface area contributed by atoms with Crippen molar-refractivity contribution in [3.63, 3.8) is 0 Å². The van der Waals surface area contributed by atoms with Gasteiger partial charge in [0.15, 0.2) is 10.7 Å². The number of aromatic nitrogens is 1. The number of nitrogens with two attached hydrogens (primary N) is 1. The molecule has 0 amide bonds. The van der Waals surface area contributed by atoms with E-state index < -0.39 is 28.9 Å². The number of hydrogen-bond acceptors (Lipinski definition) is 8. The predicted octanol–water partition coefficient (Wildman–Crippen LogP) is 3.82. The number of thiazole rings is 1. The molecular formula is C23H23N3O5S. The highest BCUT2D eigenvalue weighted by Gasteiger charge is 2.41. The van der Waals surface area contributed by atoms with E-state index in [1.54, 1.807) is 6.92 Å². The van der Waals surface area contributed by atoms with E-state index in [1.165, 1.54) is 19.2 Å². The zero-order valence-electron chi connectivity index (χ0n) is 17.8. The van der Waals surface area contributed by atoms with Gasteiger partial charge in [-0.2, -0.15) is 0 Å². The topological polar surface area (TPSA) is 124 Å². The summed E-state index contributed by atoms with van der Waals surface area (Å²) in [7, 11) is 0. The lowest BCUT2D eigenvalue weighted by atomic mass is 9.87. The van der Waals surface area contributed by atoms with Gasteiger partial charge < -0.3 is 20.4 Å². The van der Waals surface area contributed by atoms with Crippen molar-refractivity contribution in [1.82, 2.24) is 4.98 Å². The van der Waals surface area contributed by atoms with E-state index >= 15 is 0 Å². The average molecular weight is 454 g/mol. The largest absolute Gasteiger partial charge is 0.476 e. The molecule has 0 saturated heterocycles.